The van der Waals surface area contributed by atoms with Gasteiger partial charge in [-0.15, -0.1) is 0 Å². The van der Waals surface area contributed by atoms with Crippen molar-refractivity contribution in [2.45, 2.75) is 12.7 Å². The minimum absolute atomic E-state index is 0.0309. The van der Waals surface area contributed by atoms with Crippen molar-refractivity contribution < 1.29 is 27.7 Å². The van der Waals surface area contributed by atoms with Crippen LogP contribution in [0, 0.1) is 10.1 Å². The first-order chi connectivity index (χ1) is 13.2. The number of amides is 2. The van der Waals surface area contributed by atoms with Crippen molar-refractivity contribution in [1.29, 1.82) is 0 Å². The summed E-state index contributed by atoms with van der Waals surface area (Å²) in [5.74, 6) is -0.659. The Kier molecular flexibility index (Phi) is 5.23. The van der Waals surface area contributed by atoms with E-state index in [4.69, 9.17) is 0 Å². The number of nitro benzene ring substituents is 1. The quantitative estimate of drug-likeness (QED) is 0.410. The molecule has 0 N–H and O–H groups in total. The number of benzene rings is 2. The second-order valence-electron chi connectivity index (χ2n) is 5.77. The summed E-state index contributed by atoms with van der Waals surface area (Å²) in [4.78, 5) is 36.0. The molecule has 0 aromatic heterocycles. The number of alkyl halides is 3. The number of hydrogen-bond acceptors (Lipinski definition) is 5. The average Bonchev–Trinajstić information content (AvgIpc) is 2.89. The molecule has 0 unspecified atom stereocenters. The molecule has 1 fully saturated rings. The average molecular weight is 408 g/mol. The van der Waals surface area contributed by atoms with Crippen LogP contribution >= 0.6 is 11.8 Å². The number of carbonyl (C=O) groups excluding carboxylic acids is 2. The summed E-state index contributed by atoms with van der Waals surface area (Å²) in [5.41, 5.74) is -0.516. The van der Waals surface area contributed by atoms with E-state index in [2.05, 4.69) is 0 Å². The number of nitro groups is 1. The molecule has 3 rings (SSSR count). The maximum absolute atomic E-state index is 12.6. The minimum atomic E-state index is -4.47. The molecule has 2 amide bonds. The molecule has 10 heteroatoms. The highest BCUT2D eigenvalue weighted by atomic mass is 32.2. The van der Waals surface area contributed by atoms with Crippen molar-refractivity contribution in [3.63, 3.8) is 0 Å². The van der Waals surface area contributed by atoms with E-state index in [9.17, 15) is 32.9 Å². The van der Waals surface area contributed by atoms with Crippen LogP contribution in [0.5, 0.6) is 0 Å². The number of rotatable bonds is 4. The molecule has 2 aromatic rings. The van der Waals surface area contributed by atoms with E-state index in [1.807, 2.05) is 0 Å². The highest BCUT2D eigenvalue weighted by molar-refractivity contribution is 8.18. The first-order valence-electron chi connectivity index (χ1n) is 7.82. The Morgan fingerprint density at radius 3 is 2.32 bits per heavy atom. The van der Waals surface area contributed by atoms with Gasteiger partial charge in [-0.2, -0.15) is 13.2 Å². The molecule has 1 heterocycles. The number of para-hydroxylation sites is 1. The molecule has 144 valence electrons. The number of imide groups is 1. The van der Waals surface area contributed by atoms with Crippen LogP contribution in [0.3, 0.4) is 0 Å². The molecule has 2 aromatic carbocycles. The monoisotopic (exact) mass is 408 g/mol. The Labute approximate surface area is 160 Å². The first kappa shape index (κ1) is 19.6. The molecule has 0 spiro atoms. The van der Waals surface area contributed by atoms with Crippen molar-refractivity contribution >= 4 is 34.7 Å². The fraction of sp³-hybridized carbons (Fsp3) is 0.111. The third-order valence-corrected chi connectivity index (χ3v) is 4.83. The third-order valence-electron chi connectivity index (χ3n) is 3.93. The number of carbonyl (C=O) groups is 2. The lowest BCUT2D eigenvalue weighted by molar-refractivity contribution is -0.385. The normalized spacial score (nSPS) is 16.1. The molecule has 28 heavy (non-hydrogen) atoms. The zero-order valence-corrected chi connectivity index (χ0v) is 14.8. The lowest BCUT2D eigenvalue weighted by atomic mass is 10.1. The summed E-state index contributed by atoms with van der Waals surface area (Å²) in [6, 6.07) is 9.89. The second kappa shape index (κ2) is 7.47. The third kappa shape index (κ3) is 4.06. The van der Waals surface area contributed by atoms with Gasteiger partial charge in [0, 0.05) is 11.6 Å². The van der Waals surface area contributed by atoms with Crippen molar-refractivity contribution in [2.24, 2.45) is 0 Å². The van der Waals surface area contributed by atoms with Gasteiger partial charge >= 0.3 is 6.18 Å². The summed E-state index contributed by atoms with van der Waals surface area (Å²) in [5, 5.41) is 10.5. The fourth-order valence-corrected chi connectivity index (χ4v) is 3.39. The Bertz CT molecular complexity index is 987. The van der Waals surface area contributed by atoms with Gasteiger partial charge in [0.15, 0.2) is 0 Å². The highest BCUT2D eigenvalue weighted by Crippen LogP contribution is 2.35. The van der Waals surface area contributed by atoms with E-state index < -0.39 is 27.8 Å². The van der Waals surface area contributed by atoms with Crippen LogP contribution in [0.15, 0.2) is 53.4 Å². The van der Waals surface area contributed by atoms with Gasteiger partial charge in [-0.3, -0.25) is 24.6 Å². The largest absolute Gasteiger partial charge is 0.416 e. The summed E-state index contributed by atoms with van der Waals surface area (Å²) < 4.78 is 37.8. The number of halogens is 3. The lowest BCUT2D eigenvalue weighted by Crippen LogP contribution is -2.27. The summed E-state index contributed by atoms with van der Waals surface area (Å²) >= 11 is 0.626. The Morgan fingerprint density at radius 1 is 1.07 bits per heavy atom. The number of nitrogens with zero attached hydrogens (tertiary/aromatic N) is 2. The SMILES string of the molecule is O=C1S/C(=C\c2ccc(C(F)(F)F)cc2)C(=O)N1Cc1ccccc1[N+](=O)[O-]. The zero-order valence-electron chi connectivity index (χ0n) is 14.0. The molecule has 0 radical (unpaired) electrons. The van der Waals surface area contributed by atoms with Gasteiger partial charge in [0.1, 0.15) is 0 Å². The Morgan fingerprint density at radius 2 is 1.71 bits per heavy atom. The Hall–Kier alpha value is -3.14. The molecule has 0 aliphatic carbocycles. The van der Waals surface area contributed by atoms with Gasteiger partial charge in [-0.05, 0) is 35.5 Å². The minimum Gasteiger partial charge on any atom is -0.268 e. The van der Waals surface area contributed by atoms with Crippen LogP contribution in [0.1, 0.15) is 16.7 Å². The van der Waals surface area contributed by atoms with E-state index in [-0.39, 0.29) is 22.7 Å². The van der Waals surface area contributed by atoms with Crippen LogP contribution < -0.4 is 0 Å². The smallest absolute Gasteiger partial charge is 0.268 e. The predicted molar refractivity (Wildman–Crippen MR) is 96.1 cm³/mol. The van der Waals surface area contributed by atoms with E-state index >= 15 is 0 Å². The molecule has 0 atom stereocenters. The molecule has 1 aliphatic rings. The van der Waals surface area contributed by atoms with Crippen molar-refractivity contribution in [3.05, 3.63) is 80.2 Å². The summed E-state index contributed by atoms with van der Waals surface area (Å²) in [6.07, 6.45) is -3.16. The molecular weight excluding hydrogens is 397 g/mol. The topological polar surface area (TPSA) is 80.5 Å². The second-order valence-corrected chi connectivity index (χ2v) is 6.77. The number of hydrogen-bond donors (Lipinski definition) is 0. The molecular formula is C18H11F3N2O4S. The van der Waals surface area contributed by atoms with Gasteiger partial charge < -0.3 is 0 Å². The molecule has 1 saturated heterocycles. The number of thioether (sulfide) groups is 1. The zero-order chi connectivity index (χ0) is 20.5. The van der Waals surface area contributed by atoms with Crippen molar-refractivity contribution in [1.82, 2.24) is 4.90 Å². The fourth-order valence-electron chi connectivity index (χ4n) is 2.55. The molecule has 0 bridgehead atoms. The van der Waals surface area contributed by atoms with E-state index in [1.54, 1.807) is 6.07 Å². The lowest BCUT2D eigenvalue weighted by Gasteiger charge is -2.12. The van der Waals surface area contributed by atoms with E-state index in [0.29, 0.717) is 17.3 Å². The maximum atomic E-state index is 12.6. The van der Waals surface area contributed by atoms with Gasteiger partial charge in [0.2, 0.25) is 0 Å². The van der Waals surface area contributed by atoms with Crippen LogP contribution in [0.25, 0.3) is 6.08 Å². The van der Waals surface area contributed by atoms with Gasteiger partial charge in [0.05, 0.1) is 21.9 Å². The van der Waals surface area contributed by atoms with E-state index in [1.165, 1.54) is 36.4 Å². The van der Waals surface area contributed by atoms with Crippen molar-refractivity contribution in [2.75, 3.05) is 0 Å². The van der Waals surface area contributed by atoms with Gasteiger partial charge in [-0.25, -0.2) is 0 Å². The van der Waals surface area contributed by atoms with Crippen LogP contribution in [0.4, 0.5) is 23.7 Å². The Balaban J connectivity index is 1.82. The van der Waals surface area contributed by atoms with Gasteiger partial charge in [0.25, 0.3) is 16.8 Å². The van der Waals surface area contributed by atoms with Crippen LogP contribution in [-0.4, -0.2) is 21.0 Å². The molecule has 6 nitrogen and oxygen atoms in total. The standard InChI is InChI=1S/C18H11F3N2O4S/c19-18(20,21)13-7-5-11(6-8-13)9-15-16(24)22(17(25)28-15)10-12-3-1-2-4-14(12)23(26)27/h1-9H,10H2/b15-9-. The van der Waals surface area contributed by atoms with Crippen LogP contribution in [0.2, 0.25) is 0 Å². The van der Waals surface area contributed by atoms with Crippen LogP contribution in [-0.2, 0) is 17.5 Å². The summed E-state index contributed by atoms with van der Waals surface area (Å²) in [7, 11) is 0. The van der Waals surface area contributed by atoms with Gasteiger partial charge in [-0.1, -0.05) is 30.3 Å². The van der Waals surface area contributed by atoms with E-state index in [0.717, 1.165) is 17.0 Å². The molecule has 0 saturated carbocycles. The summed E-state index contributed by atoms with van der Waals surface area (Å²) in [6.45, 7) is -0.272. The molecule has 1 aliphatic heterocycles. The van der Waals surface area contributed by atoms with Crippen molar-refractivity contribution in [3.8, 4) is 0 Å². The highest BCUT2D eigenvalue weighted by Gasteiger charge is 2.36. The maximum Gasteiger partial charge on any atom is 0.416 e. The predicted octanol–water partition coefficient (Wildman–Crippen LogP) is 4.85. The first-order valence-corrected chi connectivity index (χ1v) is 8.63.